The van der Waals surface area contributed by atoms with Gasteiger partial charge in [-0.2, -0.15) is 5.10 Å². The van der Waals surface area contributed by atoms with Crippen molar-refractivity contribution in [3.8, 4) is 0 Å². The summed E-state index contributed by atoms with van der Waals surface area (Å²) in [5.41, 5.74) is 5.09. The van der Waals surface area contributed by atoms with E-state index in [4.69, 9.17) is 5.84 Å². The van der Waals surface area contributed by atoms with Gasteiger partial charge in [-0.05, 0) is 64.0 Å². The zero-order chi connectivity index (χ0) is 14.0. The maximum atomic E-state index is 5.79. The number of nitrogens with one attached hydrogen (secondary N) is 1. The molecule has 0 fully saturated rings. The van der Waals surface area contributed by atoms with Crippen molar-refractivity contribution in [1.29, 1.82) is 0 Å². The summed E-state index contributed by atoms with van der Waals surface area (Å²) in [6, 6.07) is 8.38. The molecule has 1 atom stereocenters. The van der Waals surface area contributed by atoms with Gasteiger partial charge in [-0.3, -0.25) is 10.5 Å². The third-order valence-corrected chi connectivity index (χ3v) is 4.53. The second-order valence-corrected chi connectivity index (χ2v) is 6.55. The first-order chi connectivity index (χ1) is 9.06. The largest absolute Gasteiger partial charge is 0.271 e. The highest BCUT2D eigenvalue weighted by molar-refractivity contribution is 14.1. The Morgan fingerprint density at radius 1 is 1.37 bits per heavy atom. The molecule has 0 aliphatic rings. The first kappa shape index (κ1) is 15.0. The lowest BCUT2D eigenvalue weighted by molar-refractivity contribution is 0.475. The van der Waals surface area contributed by atoms with Crippen LogP contribution in [0.15, 0.2) is 34.9 Å². The molecule has 0 bridgehead atoms. The summed E-state index contributed by atoms with van der Waals surface area (Å²) in [6.07, 6.45) is 1.81. The zero-order valence-corrected chi connectivity index (χ0v) is 14.5. The second kappa shape index (κ2) is 6.34. The van der Waals surface area contributed by atoms with E-state index in [0.29, 0.717) is 0 Å². The summed E-state index contributed by atoms with van der Waals surface area (Å²) in [7, 11) is 0. The monoisotopic (exact) mass is 434 g/mol. The van der Waals surface area contributed by atoms with Gasteiger partial charge in [0, 0.05) is 9.61 Å². The molecule has 0 spiro atoms. The van der Waals surface area contributed by atoms with Crippen LogP contribution in [0.25, 0.3) is 0 Å². The molecule has 102 valence electrons. The Bertz CT molecular complexity index is 568. The maximum Gasteiger partial charge on any atom is 0.0900 e. The van der Waals surface area contributed by atoms with E-state index >= 15 is 0 Å². The fraction of sp³-hybridized carbons (Fsp3) is 0.308. The minimum atomic E-state index is -0.0904. The quantitative estimate of drug-likeness (QED) is 0.440. The molecular formula is C13H16BrIN4. The molecular weight excluding hydrogens is 419 g/mol. The summed E-state index contributed by atoms with van der Waals surface area (Å²) >= 11 is 5.89. The van der Waals surface area contributed by atoms with Crippen LogP contribution < -0.4 is 11.3 Å². The van der Waals surface area contributed by atoms with Crippen molar-refractivity contribution in [2.45, 2.75) is 25.9 Å². The predicted molar refractivity (Wildman–Crippen MR) is 88.6 cm³/mol. The maximum absolute atomic E-state index is 5.79. The van der Waals surface area contributed by atoms with Gasteiger partial charge >= 0.3 is 0 Å². The molecule has 2 aromatic rings. The third-order valence-electron chi connectivity index (χ3n) is 2.93. The van der Waals surface area contributed by atoms with Gasteiger partial charge in [0.1, 0.15) is 0 Å². The molecule has 19 heavy (non-hydrogen) atoms. The highest BCUT2D eigenvalue weighted by atomic mass is 127. The standard InChI is InChI=1S/C13H16BrIN4/c1-8(2)19-13(10(14)7-17-19)12(18-16)9-5-3-4-6-11(9)15/h3-8,12,18H,16H2,1-2H3. The van der Waals surface area contributed by atoms with Crippen LogP contribution in [0.3, 0.4) is 0 Å². The van der Waals surface area contributed by atoms with Crippen LogP contribution >= 0.6 is 38.5 Å². The van der Waals surface area contributed by atoms with Gasteiger partial charge in [0.05, 0.1) is 22.4 Å². The van der Waals surface area contributed by atoms with E-state index in [1.165, 1.54) is 3.57 Å². The van der Waals surface area contributed by atoms with Crippen molar-refractivity contribution in [2.24, 2.45) is 5.84 Å². The van der Waals surface area contributed by atoms with E-state index in [0.717, 1.165) is 15.7 Å². The molecule has 3 N–H and O–H groups in total. The number of halogens is 2. The Kier molecular flexibility index (Phi) is 4.99. The lowest BCUT2D eigenvalue weighted by Gasteiger charge is -2.21. The third kappa shape index (κ3) is 3.01. The highest BCUT2D eigenvalue weighted by Crippen LogP contribution is 2.31. The van der Waals surface area contributed by atoms with Crippen molar-refractivity contribution in [3.05, 3.63) is 49.8 Å². The van der Waals surface area contributed by atoms with Crippen molar-refractivity contribution >= 4 is 38.5 Å². The average Bonchev–Trinajstić information content (AvgIpc) is 2.75. The normalized spacial score (nSPS) is 12.9. The van der Waals surface area contributed by atoms with E-state index in [2.05, 4.69) is 75.0 Å². The number of hydrogen-bond donors (Lipinski definition) is 2. The Morgan fingerprint density at radius 3 is 2.63 bits per heavy atom. The topological polar surface area (TPSA) is 55.9 Å². The van der Waals surface area contributed by atoms with Crippen LogP contribution in [0.5, 0.6) is 0 Å². The Morgan fingerprint density at radius 2 is 2.05 bits per heavy atom. The zero-order valence-electron chi connectivity index (χ0n) is 10.8. The van der Waals surface area contributed by atoms with Gasteiger partial charge in [-0.1, -0.05) is 18.2 Å². The predicted octanol–water partition coefficient (Wildman–Crippen LogP) is 3.38. The molecule has 1 aromatic heterocycles. The van der Waals surface area contributed by atoms with Gasteiger partial charge in [0.15, 0.2) is 0 Å². The number of nitrogens with two attached hydrogens (primary N) is 1. The van der Waals surface area contributed by atoms with E-state index in [1.807, 2.05) is 23.0 Å². The smallest absolute Gasteiger partial charge is 0.0900 e. The minimum Gasteiger partial charge on any atom is -0.271 e. The number of benzene rings is 1. The van der Waals surface area contributed by atoms with E-state index in [1.54, 1.807) is 0 Å². The molecule has 1 unspecified atom stereocenters. The molecule has 0 aliphatic heterocycles. The summed E-state index contributed by atoms with van der Waals surface area (Å²) in [6.45, 7) is 4.21. The summed E-state index contributed by atoms with van der Waals surface area (Å²) in [5, 5.41) is 4.41. The Hall–Kier alpha value is -0.440. The van der Waals surface area contributed by atoms with Crippen LogP contribution in [0.4, 0.5) is 0 Å². The van der Waals surface area contributed by atoms with Gasteiger partial charge in [-0.25, -0.2) is 5.43 Å². The molecule has 0 saturated carbocycles. The van der Waals surface area contributed by atoms with E-state index in [9.17, 15) is 0 Å². The first-order valence-electron chi connectivity index (χ1n) is 5.99. The number of aromatic nitrogens is 2. The number of rotatable bonds is 4. The van der Waals surface area contributed by atoms with E-state index < -0.39 is 0 Å². The van der Waals surface area contributed by atoms with Crippen LogP contribution in [-0.2, 0) is 0 Å². The SMILES string of the molecule is CC(C)n1ncc(Br)c1C(NN)c1ccccc1I. The number of hydrazine groups is 1. The van der Waals surface area contributed by atoms with Crippen LogP contribution in [0.2, 0.25) is 0 Å². The van der Waals surface area contributed by atoms with Crippen LogP contribution in [0.1, 0.15) is 37.2 Å². The highest BCUT2D eigenvalue weighted by Gasteiger charge is 2.23. The van der Waals surface area contributed by atoms with Gasteiger partial charge in [-0.15, -0.1) is 0 Å². The van der Waals surface area contributed by atoms with Crippen molar-refractivity contribution < 1.29 is 0 Å². The molecule has 4 nitrogen and oxygen atoms in total. The fourth-order valence-electron chi connectivity index (χ4n) is 2.06. The molecule has 2 rings (SSSR count). The molecule has 1 heterocycles. The number of hydrogen-bond acceptors (Lipinski definition) is 3. The minimum absolute atomic E-state index is 0.0904. The molecule has 0 amide bonds. The Balaban J connectivity index is 2.55. The summed E-state index contributed by atoms with van der Waals surface area (Å²) < 4.78 is 4.12. The Labute approximate surface area is 135 Å². The average molecular weight is 435 g/mol. The lowest BCUT2D eigenvalue weighted by Crippen LogP contribution is -2.32. The number of nitrogens with zero attached hydrogens (tertiary/aromatic N) is 2. The van der Waals surface area contributed by atoms with Gasteiger partial charge in [0.2, 0.25) is 0 Å². The van der Waals surface area contributed by atoms with E-state index in [-0.39, 0.29) is 12.1 Å². The van der Waals surface area contributed by atoms with Crippen LogP contribution in [-0.4, -0.2) is 9.78 Å². The first-order valence-corrected chi connectivity index (χ1v) is 7.87. The molecule has 1 aromatic carbocycles. The molecule has 6 heteroatoms. The van der Waals surface area contributed by atoms with Crippen molar-refractivity contribution in [3.63, 3.8) is 0 Å². The molecule has 0 aliphatic carbocycles. The fourth-order valence-corrected chi connectivity index (χ4v) is 3.26. The van der Waals surface area contributed by atoms with Crippen LogP contribution in [0, 0.1) is 3.57 Å². The summed E-state index contributed by atoms with van der Waals surface area (Å²) in [4.78, 5) is 0. The lowest BCUT2D eigenvalue weighted by atomic mass is 10.0. The molecule has 0 saturated heterocycles. The van der Waals surface area contributed by atoms with Gasteiger partial charge in [0.25, 0.3) is 0 Å². The van der Waals surface area contributed by atoms with Crippen molar-refractivity contribution in [1.82, 2.24) is 15.2 Å². The summed E-state index contributed by atoms with van der Waals surface area (Å²) in [5.74, 6) is 5.79. The van der Waals surface area contributed by atoms with Gasteiger partial charge < -0.3 is 0 Å². The second-order valence-electron chi connectivity index (χ2n) is 4.54. The molecule has 0 radical (unpaired) electrons. The van der Waals surface area contributed by atoms with Crippen molar-refractivity contribution in [2.75, 3.05) is 0 Å².